The minimum Gasteiger partial charge on any atom is -0.460 e. The number of carbonyl (C=O) groups is 1. The summed E-state index contributed by atoms with van der Waals surface area (Å²) >= 11 is 0. The molecule has 0 aliphatic carbocycles. The molecule has 0 bridgehead atoms. The van der Waals surface area contributed by atoms with Gasteiger partial charge >= 0.3 is 5.97 Å². The van der Waals surface area contributed by atoms with Gasteiger partial charge in [0.15, 0.2) is 0 Å². The summed E-state index contributed by atoms with van der Waals surface area (Å²) in [5.41, 5.74) is 0.324. The highest BCUT2D eigenvalue weighted by Gasteiger charge is 2.10. The fourth-order valence-electron chi connectivity index (χ4n) is 0.736. The van der Waals surface area contributed by atoms with Crippen molar-refractivity contribution >= 4 is 5.97 Å². The molecule has 0 amide bonds. The van der Waals surface area contributed by atoms with E-state index in [9.17, 15) is 9.90 Å². The molecule has 0 aromatic carbocycles. The molecule has 0 aliphatic rings. The van der Waals surface area contributed by atoms with Gasteiger partial charge in [-0.3, -0.25) is 0 Å². The van der Waals surface area contributed by atoms with Crippen molar-refractivity contribution in [3.63, 3.8) is 0 Å². The Hall–Kier alpha value is -0.870. The van der Waals surface area contributed by atoms with Gasteiger partial charge in [0.05, 0.1) is 12.7 Å². The van der Waals surface area contributed by atoms with Gasteiger partial charge < -0.3 is 14.6 Å². The van der Waals surface area contributed by atoms with E-state index in [4.69, 9.17) is 9.47 Å². The molecule has 4 nitrogen and oxygen atoms in total. The van der Waals surface area contributed by atoms with Crippen LogP contribution in [0.25, 0.3) is 0 Å². The summed E-state index contributed by atoms with van der Waals surface area (Å²) in [6.45, 7) is 9.04. The summed E-state index contributed by atoms with van der Waals surface area (Å²) < 4.78 is 10.0. The van der Waals surface area contributed by atoms with Crippen LogP contribution in [0.2, 0.25) is 0 Å². The van der Waals surface area contributed by atoms with Crippen LogP contribution in [0.4, 0.5) is 0 Å². The molecule has 0 saturated heterocycles. The number of hydrogen-bond donors (Lipinski definition) is 1. The quantitative estimate of drug-likeness (QED) is 0.514. The lowest BCUT2D eigenvalue weighted by molar-refractivity contribution is -0.143. The average molecular weight is 216 g/mol. The molecule has 15 heavy (non-hydrogen) atoms. The summed E-state index contributed by atoms with van der Waals surface area (Å²) in [6.07, 6.45) is 0.219. The molecule has 0 aromatic heterocycles. The second-order valence-electron chi connectivity index (χ2n) is 3.58. The summed E-state index contributed by atoms with van der Waals surface area (Å²) in [5.74, 6) is -0.488. The van der Waals surface area contributed by atoms with E-state index < -0.39 is 12.1 Å². The molecule has 0 aliphatic heterocycles. The van der Waals surface area contributed by atoms with E-state index in [1.54, 1.807) is 6.92 Å². The van der Waals surface area contributed by atoms with Crippen LogP contribution in [0.5, 0.6) is 0 Å². The third-order valence-electron chi connectivity index (χ3n) is 1.90. The summed E-state index contributed by atoms with van der Waals surface area (Å²) in [7, 11) is 0. The smallest absolute Gasteiger partial charge is 0.333 e. The monoisotopic (exact) mass is 216 g/mol. The van der Waals surface area contributed by atoms with Gasteiger partial charge in [-0.1, -0.05) is 13.5 Å². The molecule has 0 saturated carbocycles. The van der Waals surface area contributed by atoms with Gasteiger partial charge in [-0.2, -0.15) is 0 Å². The Morgan fingerprint density at radius 3 is 2.53 bits per heavy atom. The second kappa shape index (κ2) is 7.43. The first-order valence-corrected chi connectivity index (χ1v) is 5.09. The van der Waals surface area contributed by atoms with Crippen LogP contribution in [-0.4, -0.2) is 36.5 Å². The molecule has 0 heterocycles. The molecule has 0 aromatic rings. The van der Waals surface area contributed by atoms with E-state index in [0.29, 0.717) is 5.57 Å². The molecule has 0 fully saturated rings. The number of rotatable bonds is 7. The van der Waals surface area contributed by atoms with E-state index in [2.05, 4.69) is 6.58 Å². The van der Waals surface area contributed by atoms with Crippen molar-refractivity contribution in [3.05, 3.63) is 12.2 Å². The predicted molar refractivity (Wildman–Crippen MR) is 57.5 cm³/mol. The summed E-state index contributed by atoms with van der Waals surface area (Å²) in [6, 6.07) is 0. The third-order valence-corrected chi connectivity index (χ3v) is 1.90. The molecule has 2 unspecified atom stereocenters. The van der Waals surface area contributed by atoms with E-state index in [0.717, 1.165) is 6.42 Å². The van der Waals surface area contributed by atoms with Crippen molar-refractivity contribution in [2.75, 3.05) is 13.2 Å². The Bertz CT molecular complexity index is 213. The van der Waals surface area contributed by atoms with Crippen LogP contribution in [0.1, 0.15) is 27.2 Å². The molecule has 88 valence electrons. The maximum atomic E-state index is 11.0. The first kappa shape index (κ1) is 14.1. The zero-order valence-corrected chi connectivity index (χ0v) is 9.66. The van der Waals surface area contributed by atoms with Crippen LogP contribution < -0.4 is 0 Å². The van der Waals surface area contributed by atoms with Gasteiger partial charge in [0.1, 0.15) is 12.7 Å². The van der Waals surface area contributed by atoms with Gasteiger partial charge in [0.2, 0.25) is 0 Å². The average Bonchev–Trinajstić information content (AvgIpc) is 2.21. The topological polar surface area (TPSA) is 55.8 Å². The van der Waals surface area contributed by atoms with Crippen molar-refractivity contribution in [2.24, 2.45) is 0 Å². The van der Waals surface area contributed by atoms with Crippen LogP contribution in [0.3, 0.4) is 0 Å². The highest BCUT2D eigenvalue weighted by molar-refractivity contribution is 5.86. The summed E-state index contributed by atoms with van der Waals surface area (Å²) in [4.78, 5) is 11.0. The molecule has 1 N–H and O–H groups in total. The van der Waals surface area contributed by atoms with Crippen molar-refractivity contribution < 1.29 is 19.4 Å². The van der Waals surface area contributed by atoms with Gasteiger partial charge in [0.25, 0.3) is 0 Å². The normalized spacial score (nSPS) is 14.4. The van der Waals surface area contributed by atoms with Crippen molar-refractivity contribution in [2.45, 2.75) is 39.4 Å². The lowest BCUT2D eigenvalue weighted by Gasteiger charge is -2.15. The Labute approximate surface area is 90.9 Å². The number of aliphatic hydroxyl groups is 1. The van der Waals surface area contributed by atoms with Crippen molar-refractivity contribution in [1.29, 1.82) is 0 Å². The largest absolute Gasteiger partial charge is 0.460 e. The molecule has 0 radical (unpaired) electrons. The highest BCUT2D eigenvalue weighted by atomic mass is 16.5. The van der Waals surface area contributed by atoms with Crippen LogP contribution in [0.15, 0.2) is 12.2 Å². The zero-order valence-electron chi connectivity index (χ0n) is 9.66. The maximum Gasteiger partial charge on any atom is 0.333 e. The fraction of sp³-hybridized carbons (Fsp3) is 0.727. The molecular weight excluding hydrogens is 196 g/mol. The lowest BCUT2D eigenvalue weighted by Crippen LogP contribution is -2.26. The first-order valence-electron chi connectivity index (χ1n) is 5.09. The zero-order chi connectivity index (χ0) is 11.8. The highest BCUT2D eigenvalue weighted by Crippen LogP contribution is 1.99. The predicted octanol–water partition coefficient (Wildman–Crippen LogP) is 1.28. The number of hydrogen-bond acceptors (Lipinski definition) is 4. The number of esters is 1. The van der Waals surface area contributed by atoms with Gasteiger partial charge in [-0.05, 0) is 20.3 Å². The van der Waals surface area contributed by atoms with Crippen molar-refractivity contribution in [3.8, 4) is 0 Å². The van der Waals surface area contributed by atoms with E-state index >= 15 is 0 Å². The number of aliphatic hydroxyl groups excluding tert-OH is 1. The molecule has 0 rings (SSSR count). The Balaban J connectivity index is 3.61. The minimum absolute atomic E-state index is 0.0534. The van der Waals surface area contributed by atoms with E-state index in [1.165, 1.54) is 0 Å². The Kier molecular flexibility index (Phi) is 6.99. The van der Waals surface area contributed by atoms with Gasteiger partial charge in [-0.25, -0.2) is 4.79 Å². The van der Waals surface area contributed by atoms with Gasteiger partial charge in [-0.15, -0.1) is 0 Å². The Morgan fingerprint density at radius 2 is 2.07 bits per heavy atom. The fourth-order valence-corrected chi connectivity index (χ4v) is 0.736. The Morgan fingerprint density at radius 1 is 1.47 bits per heavy atom. The first-order chi connectivity index (χ1) is 6.97. The standard InChI is InChI=1S/C11H20O4/c1-5-9(4)14-6-10(12)7-15-11(13)8(2)3/h9-10,12H,2,5-7H2,1,3-4H3. The number of carbonyl (C=O) groups excluding carboxylic acids is 1. The maximum absolute atomic E-state index is 11.0. The van der Waals surface area contributed by atoms with Crippen molar-refractivity contribution in [1.82, 2.24) is 0 Å². The SMILES string of the molecule is C=C(C)C(=O)OCC(O)COC(C)CC. The molecular formula is C11H20O4. The minimum atomic E-state index is -0.776. The number of ether oxygens (including phenoxy) is 2. The van der Waals surface area contributed by atoms with Crippen LogP contribution in [0, 0.1) is 0 Å². The summed E-state index contributed by atoms with van der Waals surface area (Å²) in [5, 5.41) is 9.39. The van der Waals surface area contributed by atoms with Crippen LogP contribution >= 0.6 is 0 Å². The van der Waals surface area contributed by atoms with Gasteiger partial charge in [0, 0.05) is 5.57 Å². The molecule has 0 spiro atoms. The van der Waals surface area contributed by atoms with E-state index in [1.807, 2.05) is 13.8 Å². The van der Waals surface area contributed by atoms with E-state index in [-0.39, 0.29) is 19.3 Å². The molecule has 2 atom stereocenters. The molecule has 4 heteroatoms. The third kappa shape index (κ3) is 7.11. The lowest BCUT2D eigenvalue weighted by atomic mass is 10.3. The van der Waals surface area contributed by atoms with Crippen LogP contribution in [-0.2, 0) is 14.3 Å². The second-order valence-corrected chi connectivity index (χ2v) is 3.58.